The molecule has 2 rings (SSSR count). The van der Waals surface area contributed by atoms with Crippen LogP contribution in [0.2, 0.25) is 0 Å². The molecule has 5 nitrogen and oxygen atoms in total. The topological polar surface area (TPSA) is 44.8 Å². The Bertz CT molecular complexity index is 295. The molecule has 0 unspecified atom stereocenters. The number of hydrazine groups is 1. The summed E-state index contributed by atoms with van der Waals surface area (Å²) in [7, 11) is 0. The van der Waals surface area contributed by atoms with Crippen LogP contribution in [0.3, 0.4) is 0 Å². The fourth-order valence-corrected chi connectivity index (χ4v) is 2.68. The van der Waals surface area contributed by atoms with Gasteiger partial charge in [0.15, 0.2) is 0 Å². The van der Waals surface area contributed by atoms with Gasteiger partial charge in [0.1, 0.15) is 5.60 Å². The summed E-state index contributed by atoms with van der Waals surface area (Å²) in [6.45, 7) is 9.90. The zero-order valence-electron chi connectivity index (χ0n) is 11.7. The van der Waals surface area contributed by atoms with E-state index in [0.29, 0.717) is 6.04 Å². The highest BCUT2D eigenvalue weighted by molar-refractivity contribution is 5.67. The van der Waals surface area contributed by atoms with Gasteiger partial charge in [-0.1, -0.05) is 0 Å². The molecule has 104 valence electrons. The van der Waals surface area contributed by atoms with Crippen LogP contribution in [-0.4, -0.2) is 53.8 Å². The third kappa shape index (κ3) is 3.85. The molecule has 2 aliphatic heterocycles. The summed E-state index contributed by atoms with van der Waals surface area (Å²) in [5.41, 5.74) is 2.40. The van der Waals surface area contributed by atoms with Crippen LogP contribution in [0, 0.1) is 0 Å². The van der Waals surface area contributed by atoms with Crippen LogP contribution < -0.4 is 5.43 Å². The molecule has 5 heteroatoms. The predicted molar refractivity (Wildman–Crippen MR) is 70.2 cm³/mol. The van der Waals surface area contributed by atoms with Crippen molar-refractivity contribution in [2.75, 3.05) is 26.2 Å². The molecule has 0 aliphatic carbocycles. The number of hydrogen-bond acceptors (Lipinski definition) is 4. The second-order valence-corrected chi connectivity index (χ2v) is 6.25. The number of hydrogen-bond donors (Lipinski definition) is 1. The van der Waals surface area contributed by atoms with E-state index in [1.807, 2.05) is 25.8 Å². The van der Waals surface area contributed by atoms with Crippen molar-refractivity contribution in [3.05, 3.63) is 0 Å². The van der Waals surface area contributed by atoms with E-state index in [2.05, 4.69) is 10.3 Å². The highest BCUT2D eigenvalue weighted by Crippen LogP contribution is 2.19. The lowest BCUT2D eigenvalue weighted by atomic mass is 10.2. The number of carbonyl (C=O) groups excluding carboxylic acids is 1. The van der Waals surface area contributed by atoms with Gasteiger partial charge in [0, 0.05) is 19.1 Å². The van der Waals surface area contributed by atoms with E-state index in [-0.39, 0.29) is 6.09 Å². The first kappa shape index (κ1) is 13.6. The molecule has 2 saturated heterocycles. The maximum absolute atomic E-state index is 11.7. The molecule has 1 atom stereocenters. The van der Waals surface area contributed by atoms with Crippen molar-refractivity contribution in [3.8, 4) is 0 Å². The zero-order valence-corrected chi connectivity index (χ0v) is 11.7. The second-order valence-electron chi connectivity index (χ2n) is 6.25. The highest BCUT2D eigenvalue weighted by Gasteiger charge is 2.30. The molecule has 18 heavy (non-hydrogen) atoms. The Morgan fingerprint density at radius 2 is 1.89 bits per heavy atom. The first-order chi connectivity index (χ1) is 8.44. The van der Waals surface area contributed by atoms with Crippen molar-refractivity contribution in [2.24, 2.45) is 0 Å². The Labute approximate surface area is 109 Å². The van der Waals surface area contributed by atoms with Gasteiger partial charge >= 0.3 is 6.09 Å². The summed E-state index contributed by atoms with van der Waals surface area (Å²) in [4.78, 5) is 14.2. The van der Waals surface area contributed by atoms with Gasteiger partial charge in [-0.15, -0.1) is 0 Å². The van der Waals surface area contributed by atoms with Crippen LogP contribution >= 0.6 is 0 Å². The van der Waals surface area contributed by atoms with Gasteiger partial charge in [-0.3, -0.25) is 10.3 Å². The number of nitrogens with one attached hydrogen (secondary N) is 1. The minimum Gasteiger partial charge on any atom is -0.443 e. The van der Waals surface area contributed by atoms with Crippen LogP contribution in [0.15, 0.2) is 0 Å². The average Bonchev–Trinajstić information content (AvgIpc) is 2.82. The van der Waals surface area contributed by atoms with E-state index in [9.17, 15) is 4.79 Å². The molecule has 1 N–H and O–H groups in total. The Morgan fingerprint density at radius 3 is 2.50 bits per heavy atom. The number of likely N-dealkylation sites (tertiary alicyclic amines) is 1. The molecule has 0 aromatic carbocycles. The van der Waals surface area contributed by atoms with Crippen molar-refractivity contribution >= 4 is 6.09 Å². The lowest BCUT2D eigenvalue weighted by Crippen LogP contribution is -2.45. The van der Waals surface area contributed by atoms with Gasteiger partial charge in [0.2, 0.25) is 0 Å². The van der Waals surface area contributed by atoms with Gasteiger partial charge in [-0.05, 0) is 53.1 Å². The maximum atomic E-state index is 11.7. The number of nitrogens with zero attached hydrogens (tertiary/aromatic N) is 2. The van der Waals surface area contributed by atoms with E-state index in [4.69, 9.17) is 4.74 Å². The summed E-state index contributed by atoms with van der Waals surface area (Å²) >= 11 is 0. The largest absolute Gasteiger partial charge is 0.443 e. The Morgan fingerprint density at radius 1 is 1.22 bits per heavy atom. The molecule has 0 saturated carbocycles. The maximum Gasteiger partial charge on any atom is 0.422 e. The molecule has 2 heterocycles. The van der Waals surface area contributed by atoms with Crippen LogP contribution in [0.1, 0.15) is 40.0 Å². The van der Waals surface area contributed by atoms with E-state index in [1.165, 1.54) is 25.9 Å². The fourth-order valence-electron chi connectivity index (χ4n) is 2.68. The fraction of sp³-hybridized carbons (Fsp3) is 0.923. The van der Waals surface area contributed by atoms with Crippen molar-refractivity contribution in [2.45, 2.75) is 51.7 Å². The molecule has 0 spiro atoms. The van der Waals surface area contributed by atoms with Crippen LogP contribution in [-0.2, 0) is 4.74 Å². The Balaban J connectivity index is 1.73. The number of rotatable bonds is 2. The SMILES string of the molecule is CC(C)(C)OC(=O)NN1CC[C@@H](N2CCCC2)C1. The quantitative estimate of drug-likeness (QED) is 0.814. The third-order valence-corrected chi connectivity index (χ3v) is 3.47. The van der Waals surface area contributed by atoms with E-state index in [0.717, 1.165) is 19.5 Å². The first-order valence-corrected chi connectivity index (χ1v) is 6.93. The zero-order chi connectivity index (χ0) is 13.2. The number of amides is 1. The van der Waals surface area contributed by atoms with Crippen molar-refractivity contribution in [1.29, 1.82) is 0 Å². The predicted octanol–water partition coefficient (Wildman–Crippen LogP) is 1.60. The third-order valence-electron chi connectivity index (χ3n) is 3.47. The lowest BCUT2D eigenvalue weighted by Gasteiger charge is -2.25. The molecule has 1 amide bonds. The van der Waals surface area contributed by atoms with E-state index < -0.39 is 5.60 Å². The number of ether oxygens (including phenoxy) is 1. The van der Waals surface area contributed by atoms with Crippen LogP contribution in [0.25, 0.3) is 0 Å². The van der Waals surface area contributed by atoms with Gasteiger partial charge < -0.3 is 4.74 Å². The van der Waals surface area contributed by atoms with E-state index >= 15 is 0 Å². The van der Waals surface area contributed by atoms with Gasteiger partial charge in [0.25, 0.3) is 0 Å². The smallest absolute Gasteiger partial charge is 0.422 e. The van der Waals surface area contributed by atoms with Gasteiger partial charge in [-0.2, -0.15) is 0 Å². The monoisotopic (exact) mass is 255 g/mol. The first-order valence-electron chi connectivity index (χ1n) is 6.93. The molecule has 0 aromatic rings. The molecule has 0 radical (unpaired) electrons. The molecular formula is C13H25N3O2. The lowest BCUT2D eigenvalue weighted by molar-refractivity contribution is 0.0356. The molecule has 2 fully saturated rings. The average molecular weight is 255 g/mol. The molecule has 0 bridgehead atoms. The highest BCUT2D eigenvalue weighted by atomic mass is 16.6. The Hall–Kier alpha value is -0.810. The minimum absolute atomic E-state index is 0.343. The number of carbonyl (C=O) groups is 1. The van der Waals surface area contributed by atoms with E-state index in [1.54, 1.807) is 0 Å². The Kier molecular flexibility index (Phi) is 4.12. The standard InChI is InChI=1S/C13H25N3O2/c1-13(2,3)18-12(17)14-16-9-6-11(10-16)15-7-4-5-8-15/h11H,4-10H2,1-3H3,(H,14,17)/t11-/m1/s1. The second kappa shape index (κ2) is 5.45. The van der Waals surface area contributed by atoms with Crippen molar-refractivity contribution in [3.63, 3.8) is 0 Å². The van der Waals surface area contributed by atoms with Gasteiger partial charge in [-0.25, -0.2) is 9.80 Å². The van der Waals surface area contributed by atoms with Gasteiger partial charge in [0.05, 0.1) is 0 Å². The summed E-state index contributed by atoms with van der Waals surface area (Å²) in [6, 6.07) is 0.599. The molecule has 0 aromatic heterocycles. The van der Waals surface area contributed by atoms with Crippen LogP contribution in [0.5, 0.6) is 0 Å². The summed E-state index contributed by atoms with van der Waals surface area (Å²) in [5, 5.41) is 1.98. The van der Waals surface area contributed by atoms with Crippen molar-refractivity contribution in [1.82, 2.24) is 15.3 Å². The minimum atomic E-state index is -0.432. The summed E-state index contributed by atoms with van der Waals surface area (Å²) in [6.07, 6.45) is 3.42. The summed E-state index contributed by atoms with van der Waals surface area (Å²) < 4.78 is 5.26. The van der Waals surface area contributed by atoms with Crippen molar-refractivity contribution < 1.29 is 9.53 Å². The summed E-state index contributed by atoms with van der Waals surface area (Å²) in [5.74, 6) is 0. The molecular weight excluding hydrogens is 230 g/mol. The van der Waals surface area contributed by atoms with Crippen LogP contribution in [0.4, 0.5) is 4.79 Å². The normalized spacial score (nSPS) is 26.5. The molecule has 2 aliphatic rings.